The minimum Gasteiger partial charge on any atom is -0.378 e. The summed E-state index contributed by atoms with van der Waals surface area (Å²) in [6.45, 7) is 7.80. The SMILES string of the molecule is CCCCCCC=CCCCCCCCCOC(C)CSCCCCCCCCCCCCCCCC. The van der Waals surface area contributed by atoms with Gasteiger partial charge in [0.1, 0.15) is 0 Å². The molecule has 0 saturated heterocycles. The number of ether oxygens (including phenoxy) is 1. The van der Waals surface area contributed by atoms with E-state index in [0.29, 0.717) is 6.10 Å². The van der Waals surface area contributed by atoms with Crippen LogP contribution in [0.2, 0.25) is 0 Å². The van der Waals surface area contributed by atoms with E-state index in [1.54, 1.807) is 0 Å². The van der Waals surface area contributed by atoms with Gasteiger partial charge in [-0.05, 0) is 51.2 Å². The Morgan fingerprint density at radius 2 is 0.865 bits per heavy atom. The number of allylic oxidation sites excluding steroid dienone is 2. The van der Waals surface area contributed by atoms with Crippen molar-refractivity contribution in [1.29, 1.82) is 0 Å². The molecule has 0 aliphatic heterocycles. The van der Waals surface area contributed by atoms with Crippen LogP contribution in [0.1, 0.15) is 188 Å². The Labute approximate surface area is 240 Å². The largest absolute Gasteiger partial charge is 0.378 e. The van der Waals surface area contributed by atoms with Crippen molar-refractivity contribution in [2.45, 2.75) is 194 Å². The van der Waals surface area contributed by atoms with Gasteiger partial charge < -0.3 is 4.74 Å². The molecule has 37 heavy (non-hydrogen) atoms. The lowest BCUT2D eigenvalue weighted by Gasteiger charge is -2.12. The van der Waals surface area contributed by atoms with Gasteiger partial charge in [0.25, 0.3) is 0 Å². The first-order chi connectivity index (χ1) is 18.3. The van der Waals surface area contributed by atoms with E-state index in [1.165, 1.54) is 178 Å². The van der Waals surface area contributed by atoms with Crippen molar-refractivity contribution in [3.63, 3.8) is 0 Å². The van der Waals surface area contributed by atoms with Crippen LogP contribution in [-0.4, -0.2) is 24.2 Å². The fourth-order valence-electron chi connectivity index (χ4n) is 4.98. The van der Waals surface area contributed by atoms with E-state index < -0.39 is 0 Å². The fourth-order valence-corrected chi connectivity index (χ4v) is 5.98. The molecule has 0 amide bonds. The summed E-state index contributed by atoms with van der Waals surface area (Å²) in [5, 5.41) is 0. The van der Waals surface area contributed by atoms with Crippen LogP contribution in [0.3, 0.4) is 0 Å². The smallest absolute Gasteiger partial charge is 0.0637 e. The van der Waals surface area contributed by atoms with E-state index in [9.17, 15) is 0 Å². The summed E-state index contributed by atoms with van der Waals surface area (Å²) in [5.74, 6) is 2.49. The summed E-state index contributed by atoms with van der Waals surface area (Å²) in [4.78, 5) is 0. The fraction of sp³-hybridized carbons (Fsp3) is 0.943. The van der Waals surface area contributed by atoms with Crippen LogP contribution in [0.15, 0.2) is 12.2 Å². The second kappa shape index (κ2) is 34.1. The molecule has 0 spiro atoms. The average molecular weight is 539 g/mol. The molecule has 0 aromatic carbocycles. The van der Waals surface area contributed by atoms with Gasteiger partial charge in [0.15, 0.2) is 0 Å². The first kappa shape index (κ1) is 37.0. The highest BCUT2D eigenvalue weighted by atomic mass is 32.2. The van der Waals surface area contributed by atoms with Crippen molar-refractivity contribution in [2.75, 3.05) is 18.1 Å². The van der Waals surface area contributed by atoms with E-state index in [1.807, 2.05) is 0 Å². The molecule has 0 aliphatic rings. The molecule has 1 atom stereocenters. The molecule has 0 heterocycles. The monoisotopic (exact) mass is 539 g/mol. The van der Waals surface area contributed by atoms with E-state index in [2.05, 4.69) is 44.7 Å². The average Bonchev–Trinajstić information content (AvgIpc) is 2.90. The Morgan fingerprint density at radius 3 is 1.35 bits per heavy atom. The molecule has 0 saturated carbocycles. The molecule has 1 unspecified atom stereocenters. The first-order valence-electron chi connectivity index (χ1n) is 17.2. The maximum atomic E-state index is 6.04. The topological polar surface area (TPSA) is 9.23 Å². The summed E-state index contributed by atoms with van der Waals surface area (Å²) in [6, 6.07) is 0. The summed E-state index contributed by atoms with van der Waals surface area (Å²) in [7, 11) is 0. The van der Waals surface area contributed by atoms with Gasteiger partial charge in [-0.25, -0.2) is 0 Å². The number of hydrogen-bond donors (Lipinski definition) is 0. The second-order valence-corrected chi connectivity index (χ2v) is 12.7. The quantitative estimate of drug-likeness (QED) is 0.0622. The number of unbranched alkanes of at least 4 members (excludes halogenated alkanes) is 23. The van der Waals surface area contributed by atoms with Crippen LogP contribution < -0.4 is 0 Å². The molecule has 0 rings (SSSR count). The van der Waals surface area contributed by atoms with Gasteiger partial charge in [0, 0.05) is 12.4 Å². The predicted molar refractivity (Wildman–Crippen MR) is 173 cm³/mol. The zero-order chi connectivity index (χ0) is 26.9. The van der Waals surface area contributed by atoms with Gasteiger partial charge >= 0.3 is 0 Å². The zero-order valence-electron chi connectivity index (χ0n) is 26.1. The molecule has 0 aromatic heterocycles. The summed E-state index contributed by atoms with van der Waals surface area (Å²) < 4.78 is 6.04. The van der Waals surface area contributed by atoms with Crippen molar-refractivity contribution in [3.8, 4) is 0 Å². The number of hydrogen-bond acceptors (Lipinski definition) is 2. The lowest BCUT2D eigenvalue weighted by molar-refractivity contribution is 0.0787. The van der Waals surface area contributed by atoms with Gasteiger partial charge in [-0.2, -0.15) is 11.8 Å². The highest BCUT2D eigenvalue weighted by molar-refractivity contribution is 7.99. The molecule has 2 heteroatoms. The predicted octanol–water partition coefficient (Wildman–Crippen LogP) is 12.9. The molecule has 0 fully saturated rings. The maximum absolute atomic E-state index is 6.04. The highest BCUT2D eigenvalue weighted by Crippen LogP contribution is 2.15. The lowest BCUT2D eigenvalue weighted by Crippen LogP contribution is -2.12. The standard InChI is InChI=1S/C35H70OS/c1-4-6-8-10-12-14-16-18-20-22-24-26-28-30-32-36-35(3)34-37-33-31-29-27-25-23-21-19-17-15-13-11-9-7-5-2/h14,16,35H,4-13,15,17-34H2,1-3H3. The second-order valence-electron chi connectivity index (χ2n) is 11.6. The minimum absolute atomic E-state index is 0.422. The van der Waals surface area contributed by atoms with Crippen molar-refractivity contribution in [3.05, 3.63) is 12.2 Å². The molecule has 1 nitrogen and oxygen atoms in total. The van der Waals surface area contributed by atoms with Crippen molar-refractivity contribution >= 4 is 11.8 Å². The van der Waals surface area contributed by atoms with Crippen LogP contribution in [0.5, 0.6) is 0 Å². The third-order valence-electron chi connectivity index (χ3n) is 7.55. The maximum Gasteiger partial charge on any atom is 0.0637 e. The Balaban J connectivity index is 3.17. The molecular weight excluding hydrogens is 468 g/mol. The van der Waals surface area contributed by atoms with E-state index in [0.717, 1.165) is 6.61 Å². The Hall–Kier alpha value is 0.0500. The molecule has 0 bridgehead atoms. The normalized spacial score (nSPS) is 12.6. The van der Waals surface area contributed by atoms with Crippen molar-refractivity contribution < 1.29 is 4.74 Å². The summed E-state index contributed by atoms with van der Waals surface area (Å²) >= 11 is 2.10. The Morgan fingerprint density at radius 1 is 0.486 bits per heavy atom. The van der Waals surface area contributed by atoms with Crippen LogP contribution in [0.4, 0.5) is 0 Å². The van der Waals surface area contributed by atoms with Gasteiger partial charge in [-0.3, -0.25) is 0 Å². The van der Waals surface area contributed by atoms with Gasteiger partial charge in [0.2, 0.25) is 0 Å². The molecule has 0 N–H and O–H groups in total. The van der Waals surface area contributed by atoms with Crippen LogP contribution in [-0.2, 0) is 4.74 Å². The van der Waals surface area contributed by atoms with Gasteiger partial charge in [-0.15, -0.1) is 0 Å². The van der Waals surface area contributed by atoms with Crippen molar-refractivity contribution in [2.24, 2.45) is 0 Å². The third kappa shape index (κ3) is 34.0. The Kier molecular flexibility index (Phi) is 34.1. The molecule has 0 aromatic rings. The van der Waals surface area contributed by atoms with Gasteiger partial charge in [0.05, 0.1) is 6.10 Å². The highest BCUT2D eigenvalue weighted by Gasteiger charge is 2.02. The Bertz CT molecular complexity index is 421. The van der Waals surface area contributed by atoms with Crippen LogP contribution in [0, 0.1) is 0 Å². The first-order valence-corrected chi connectivity index (χ1v) is 18.3. The molecule has 0 aliphatic carbocycles. The lowest BCUT2D eigenvalue weighted by atomic mass is 10.0. The van der Waals surface area contributed by atoms with Crippen molar-refractivity contribution in [1.82, 2.24) is 0 Å². The summed E-state index contributed by atoms with van der Waals surface area (Å²) in [6.07, 6.45) is 41.7. The van der Waals surface area contributed by atoms with Crippen LogP contribution in [0.25, 0.3) is 0 Å². The summed E-state index contributed by atoms with van der Waals surface area (Å²) in [5.41, 5.74) is 0. The number of rotatable bonds is 32. The van der Waals surface area contributed by atoms with E-state index in [4.69, 9.17) is 4.74 Å². The zero-order valence-corrected chi connectivity index (χ0v) is 26.9. The molecule has 0 radical (unpaired) electrons. The van der Waals surface area contributed by atoms with Crippen LogP contribution >= 0.6 is 11.8 Å². The third-order valence-corrected chi connectivity index (χ3v) is 8.84. The van der Waals surface area contributed by atoms with E-state index in [-0.39, 0.29) is 0 Å². The molecule has 222 valence electrons. The van der Waals surface area contributed by atoms with Gasteiger partial charge in [-0.1, -0.05) is 154 Å². The molecular formula is C35H70OS. The van der Waals surface area contributed by atoms with E-state index >= 15 is 0 Å². The minimum atomic E-state index is 0.422. The number of thioether (sulfide) groups is 1.